The Morgan fingerprint density at radius 3 is 1.91 bits per heavy atom. The summed E-state index contributed by atoms with van der Waals surface area (Å²) in [6.45, 7) is 9.31. The summed E-state index contributed by atoms with van der Waals surface area (Å²) in [7, 11) is -0.746. The Kier molecular flexibility index (Phi) is 9.93. The predicted octanol–water partition coefficient (Wildman–Crippen LogP) is 5.85. The summed E-state index contributed by atoms with van der Waals surface area (Å²) in [6, 6.07) is 11.1. The van der Waals surface area contributed by atoms with Crippen molar-refractivity contribution in [2.45, 2.75) is 39.2 Å². The monoisotopic (exact) mass is 568 g/mol. The van der Waals surface area contributed by atoms with Crippen LogP contribution in [0.25, 0.3) is 0 Å². The van der Waals surface area contributed by atoms with Gasteiger partial charge in [0.05, 0.1) is 0 Å². The van der Waals surface area contributed by atoms with E-state index in [1.54, 1.807) is 11.3 Å². The molecule has 1 atom stereocenters. The van der Waals surface area contributed by atoms with Crippen LogP contribution >= 0.6 is 24.8 Å². The molecule has 5 heteroatoms. The Morgan fingerprint density at radius 2 is 1.50 bits per heavy atom. The van der Waals surface area contributed by atoms with Crippen LogP contribution in [-0.4, -0.2) is 10.1 Å². The number of nitrogens with zero attached hydrogens (tertiary/aromatic N) is 1. The van der Waals surface area contributed by atoms with Crippen LogP contribution in [0.2, 0.25) is 11.5 Å². The maximum Gasteiger partial charge on any atom is -0.147 e. The molecule has 1 aromatic rings. The second-order valence-electron chi connectivity index (χ2n) is 5.82. The molecule has 0 bridgehead atoms. The first-order valence-electron chi connectivity index (χ1n) is 7.24. The molecule has 1 nitrogen and oxygen atoms in total. The van der Waals surface area contributed by atoms with E-state index in [0.29, 0.717) is 5.92 Å². The van der Waals surface area contributed by atoms with Crippen molar-refractivity contribution >= 4 is 40.6 Å². The van der Waals surface area contributed by atoms with E-state index >= 15 is 0 Å². The van der Waals surface area contributed by atoms with Gasteiger partial charge >= 0.3 is 137 Å². The molecule has 22 heavy (non-hydrogen) atoms. The van der Waals surface area contributed by atoms with Gasteiger partial charge in [-0.3, -0.25) is 0 Å². The average Bonchev–Trinajstić information content (AvgIpc) is 2.62. The fourth-order valence-electron chi connectivity index (χ4n) is 2.77. The molecule has 0 spiro atoms. The van der Waals surface area contributed by atoms with Crippen LogP contribution in [0.15, 0.2) is 52.7 Å². The largest absolute Gasteiger partial charge is 0.147 e. The fourth-order valence-corrected chi connectivity index (χ4v) is 19.1. The van der Waals surface area contributed by atoms with Crippen molar-refractivity contribution in [3.05, 3.63) is 52.7 Å². The molecule has 0 fully saturated rings. The second kappa shape index (κ2) is 9.71. The number of anilines is 1. The van der Waals surface area contributed by atoms with Crippen LogP contribution in [0.4, 0.5) is 5.69 Å². The van der Waals surface area contributed by atoms with Gasteiger partial charge in [-0.1, -0.05) is 0 Å². The number of hydrogen-bond donors (Lipinski definition) is 0. The summed E-state index contributed by atoms with van der Waals surface area (Å²) in [4.78, 5) is 0. The fraction of sp³-hybridized carbons (Fsp3) is 0.412. The third-order valence-corrected chi connectivity index (χ3v) is 19.9. The zero-order chi connectivity index (χ0) is 14.9. The Morgan fingerprint density at radius 1 is 0.955 bits per heavy atom. The second-order valence-corrected chi connectivity index (χ2v) is 34.9. The first-order valence-corrected chi connectivity index (χ1v) is 23.4. The van der Waals surface area contributed by atoms with E-state index in [1.807, 2.05) is 0 Å². The maximum atomic E-state index is 2.79. The Labute approximate surface area is 160 Å². The maximum absolute atomic E-state index is 2.79. The summed E-state index contributed by atoms with van der Waals surface area (Å²) in [5.74, 6) is 5.68. The smallest absolute Gasteiger partial charge is 0.147 e. The third kappa shape index (κ3) is 4.75. The topological polar surface area (TPSA) is 3.24 Å². The Bertz CT molecular complexity index is 604. The molecule has 1 aliphatic carbocycles. The van der Waals surface area contributed by atoms with E-state index in [2.05, 4.69) is 72.4 Å². The van der Waals surface area contributed by atoms with E-state index in [4.69, 9.17) is 0 Å². The molecular weight excluding hydrogens is 540 g/mol. The number of benzene rings is 1. The van der Waals surface area contributed by atoms with Gasteiger partial charge in [-0.15, -0.1) is 24.8 Å². The number of hydrogen-bond acceptors (Lipinski definition) is 1. The minimum absolute atomic E-state index is 0. The van der Waals surface area contributed by atoms with Crippen LogP contribution in [0, 0.1) is 5.92 Å². The molecule has 0 amide bonds. The molecule has 1 aliphatic rings. The molecule has 121 valence electrons. The molecule has 0 saturated heterocycles. The minimum atomic E-state index is -0.746. The van der Waals surface area contributed by atoms with Crippen LogP contribution in [-0.2, 0) is 20.1 Å². The van der Waals surface area contributed by atoms with Crippen molar-refractivity contribution in [2.24, 2.45) is 5.92 Å². The number of allylic oxidation sites excluding steroid dienone is 3. The van der Waals surface area contributed by atoms with E-state index in [0.717, 1.165) is 0 Å². The van der Waals surface area contributed by atoms with E-state index < -0.39 is 30.2 Å². The zero-order valence-corrected chi connectivity index (χ0v) is 21.6. The van der Waals surface area contributed by atoms with Crippen LogP contribution < -0.4 is 2.89 Å². The quantitative estimate of drug-likeness (QED) is 0.416. The van der Waals surface area contributed by atoms with Gasteiger partial charge in [0.25, 0.3) is 0 Å². The van der Waals surface area contributed by atoms with Crippen molar-refractivity contribution in [1.82, 2.24) is 0 Å². The van der Waals surface area contributed by atoms with Crippen molar-refractivity contribution in [3.8, 4) is 0 Å². The van der Waals surface area contributed by atoms with Crippen molar-refractivity contribution < 1.29 is 20.1 Å². The van der Waals surface area contributed by atoms with Gasteiger partial charge in [0, 0.05) is 0 Å². The third-order valence-electron chi connectivity index (χ3n) is 4.19. The van der Waals surface area contributed by atoms with Gasteiger partial charge < -0.3 is 0 Å². The summed E-state index contributed by atoms with van der Waals surface area (Å²) >= 11 is -0.721. The van der Waals surface area contributed by atoms with Gasteiger partial charge in [0.15, 0.2) is 0 Å². The standard InChI is InChI=1S/C15H18N.C2H6Ge.2ClH.Hf/c1-10-11(2)13(4)15(12(10)3)16-14-8-6-5-7-9-14;1-3-2;;;/h5-9,12H,1-4H3;1-2H3;2*1H;/q-1;;;;+1. The molecule has 0 aliphatic heterocycles. The van der Waals surface area contributed by atoms with Crippen LogP contribution in [0.3, 0.4) is 0 Å². The molecule has 0 aromatic heterocycles. The SMILES string of the molecule is CC1=C(C)C(C)C([N]([Hf]=[Ge]([CH3])[CH3])c2ccccc2)=C1C.Cl.Cl. The predicted molar refractivity (Wildman–Crippen MR) is 101 cm³/mol. The summed E-state index contributed by atoms with van der Waals surface area (Å²) < 4.78 is 2.79. The number of rotatable bonds is 3. The van der Waals surface area contributed by atoms with Gasteiger partial charge in [0.2, 0.25) is 0 Å². The molecule has 0 heterocycles. The van der Waals surface area contributed by atoms with Gasteiger partial charge in [-0.25, -0.2) is 0 Å². The molecule has 0 saturated carbocycles. The molecule has 2 rings (SSSR count). The zero-order valence-electron chi connectivity index (χ0n) is 14.2. The van der Waals surface area contributed by atoms with Crippen LogP contribution in [0.1, 0.15) is 27.7 Å². The summed E-state index contributed by atoms with van der Waals surface area (Å²) in [6.07, 6.45) is 0. The van der Waals surface area contributed by atoms with E-state index in [-0.39, 0.29) is 24.8 Å². The number of halogens is 2. The first kappa shape index (κ1) is 22.5. The summed E-state index contributed by atoms with van der Waals surface area (Å²) in [5, 5.41) is 0. The summed E-state index contributed by atoms with van der Waals surface area (Å²) in [5.41, 5.74) is 7.67. The van der Waals surface area contributed by atoms with Gasteiger partial charge in [-0.05, 0) is 0 Å². The normalized spacial score (nSPS) is 16.7. The van der Waals surface area contributed by atoms with Crippen molar-refractivity contribution in [2.75, 3.05) is 2.89 Å². The van der Waals surface area contributed by atoms with Crippen LogP contribution in [0.5, 0.6) is 0 Å². The van der Waals surface area contributed by atoms with Crippen molar-refractivity contribution in [3.63, 3.8) is 0 Å². The molecule has 0 radical (unpaired) electrons. The molecular formula is C17H26Cl2GeHfN. The molecule has 1 aromatic carbocycles. The molecule has 1 unspecified atom stereocenters. The van der Waals surface area contributed by atoms with Gasteiger partial charge in [0.1, 0.15) is 0 Å². The average molecular weight is 566 g/mol. The Balaban J connectivity index is 0.00000220. The molecule has 0 N–H and O–H groups in total. The van der Waals surface area contributed by atoms with E-state index in [1.165, 1.54) is 16.8 Å². The van der Waals surface area contributed by atoms with E-state index in [9.17, 15) is 0 Å². The Hall–Kier alpha value is 0.493. The number of para-hydroxylation sites is 1. The minimum Gasteiger partial charge on any atom is -0.147 e. The van der Waals surface area contributed by atoms with Gasteiger partial charge in [-0.2, -0.15) is 0 Å². The first-order chi connectivity index (χ1) is 9.43. The van der Waals surface area contributed by atoms with Crippen molar-refractivity contribution in [1.29, 1.82) is 0 Å².